The molecular weight excluding hydrogens is 207 g/mol. The van der Waals surface area contributed by atoms with E-state index in [9.17, 15) is 9.18 Å². The second-order valence-electron chi connectivity index (χ2n) is 3.81. The van der Waals surface area contributed by atoms with Gasteiger partial charge in [-0.05, 0) is 35.4 Å². The number of aliphatic carboxylic acids is 1. The number of carbonyl (C=O) groups is 1. The Balaban J connectivity index is 2.54. The van der Waals surface area contributed by atoms with E-state index in [0.29, 0.717) is 5.56 Å². The smallest absolute Gasteiger partial charge is 0.310 e. The Morgan fingerprint density at radius 2 is 1.88 bits per heavy atom. The van der Waals surface area contributed by atoms with Gasteiger partial charge >= 0.3 is 5.97 Å². The van der Waals surface area contributed by atoms with Crippen LogP contribution in [0.3, 0.4) is 0 Å². The maximum Gasteiger partial charge on any atom is 0.310 e. The molecule has 0 aliphatic rings. The fraction of sp³-hybridized carbons (Fsp3) is 0.154. The van der Waals surface area contributed by atoms with Crippen LogP contribution in [0.4, 0.5) is 4.39 Å². The first-order valence-corrected chi connectivity index (χ1v) is 5.00. The molecule has 0 fully saturated rings. The average molecular weight is 218 g/mol. The summed E-state index contributed by atoms with van der Waals surface area (Å²) in [6, 6.07) is 9.77. The third-order valence-corrected chi connectivity index (χ3v) is 2.70. The van der Waals surface area contributed by atoms with E-state index >= 15 is 0 Å². The molecule has 0 radical (unpaired) electrons. The van der Waals surface area contributed by atoms with Crippen molar-refractivity contribution in [3.63, 3.8) is 0 Å². The minimum atomic E-state index is -0.879. The number of fused-ring (bicyclic) bond motifs is 1. The predicted molar refractivity (Wildman–Crippen MR) is 60.0 cm³/mol. The molecule has 0 aliphatic carbocycles. The molecule has 2 rings (SSSR count). The van der Waals surface area contributed by atoms with Crippen molar-refractivity contribution in [2.45, 2.75) is 12.8 Å². The lowest BCUT2D eigenvalue weighted by atomic mass is 9.98. The van der Waals surface area contributed by atoms with Gasteiger partial charge in [-0.25, -0.2) is 4.39 Å². The highest BCUT2D eigenvalue weighted by molar-refractivity contribution is 5.85. The zero-order valence-electron chi connectivity index (χ0n) is 8.77. The van der Waals surface area contributed by atoms with Crippen molar-refractivity contribution in [2.75, 3.05) is 0 Å². The summed E-state index contributed by atoms with van der Waals surface area (Å²) in [7, 11) is 0. The summed E-state index contributed by atoms with van der Waals surface area (Å²) in [6.07, 6.45) is 0. The standard InChI is InChI=1S/C13H11FO2/c1-8(13(15)16)10-3-2-9-4-5-12(14)7-11(9)6-10/h2-8H,1H3,(H,15,16). The first kappa shape index (κ1) is 10.6. The molecule has 2 aromatic rings. The lowest BCUT2D eigenvalue weighted by Gasteiger charge is -2.07. The molecular formula is C13H11FO2. The molecule has 0 spiro atoms. The maximum absolute atomic E-state index is 13.0. The zero-order valence-corrected chi connectivity index (χ0v) is 8.77. The minimum absolute atomic E-state index is 0.312. The number of carboxylic acid groups (broad SMARTS) is 1. The van der Waals surface area contributed by atoms with Crippen molar-refractivity contribution in [1.29, 1.82) is 0 Å². The Morgan fingerprint density at radius 1 is 1.19 bits per heavy atom. The lowest BCUT2D eigenvalue weighted by molar-refractivity contribution is -0.138. The topological polar surface area (TPSA) is 37.3 Å². The summed E-state index contributed by atoms with van der Waals surface area (Å²) in [5.74, 6) is -1.77. The summed E-state index contributed by atoms with van der Waals surface area (Å²) in [4.78, 5) is 10.8. The van der Waals surface area contributed by atoms with E-state index in [2.05, 4.69) is 0 Å². The third kappa shape index (κ3) is 1.89. The normalized spacial score (nSPS) is 12.6. The Bertz CT molecular complexity index is 549. The molecule has 0 heterocycles. The molecule has 1 N–H and O–H groups in total. The number of hydrogen-bond donors (Lipinski definition) is 1. The van der Waals surface area contributed by atoms with Gasteiger partial charge in [0.2, 0.25) is 0 Å². The molecule has 0 saturated carbocycles. The van der Waals surface area contributed by atoms with Crippen molar-refractivity contribution in [3.8, 4) is 0 Å². The van der Waals surface area contributed by atoms with Crippen LogP contribution < -0.4 is 0 Å². The van der Waals surface area contributed by atoms with Gasteiger partial charge in [0.1, 0.15) is 5.82 Å². The Morgan fingerprint density at radius 3 is 2.56 bits per heavy atom. The highest BCUT2D eigenvalue weighted by atomic mass is 19.1. The first-order valence-electron chi connectivity index (χ1n) is 5.00. The van der Waals surface area contributed by atoms with Crippen LogP contribution in [0, 0.1) is 5.82 Å². The maximum atomic E-state index is 13.0. The van der Waals surface area contributed by atoms with Gasteiger partial charge in [-0.15, -0.1) is 0 Å². The molecule has 3 heteroatoms. The van der Waals surface area contributed by atoms with E-state index in [1.807, 2.05) is 6.07 Å². The Labute approximate surface area is 92.3 Å². The molecule has 1 unspecified atom stereocenters. The average Bonchev–Trinajstić information content (AvgIpc) is 2.26. The molecule has 0 bridgehead atoms. The van der Waals surface area contributed by atoms with Gasteiger partial charge in [-0.2, -0.15) is 0 Å². The predicted octanol–water partition coefficient (Wildman–Crippen LogP) is 3.17. The molecule has 2 nitrogen and oxygen atoms in total. The van der Waals surface area contributed by atoms with E-state index in [1.165, 1.54) is 12.1 Å². The first-order chi connectivity index (χ1) is 7.58. The molecule has 0 aliphatic heterocycles. The number of benzene rings is 2. The molecule has 16 heavy (non-hydrogen) atoms. The fourth-order valence-electron chi connectivity index (χ4n) is 1.65. The van der Waals surface area contributed by atoms with Crippen LogP contribution in [0.1, 0.15) is 18.4 Å². The largest absolute Gasteiger partial charge is 0.481 e. The Hall–Kier alpha value is -1.90. The summed E-state index contributed by atoms with van der Waals surface area (Å²) in [5, 5.41) is 10.5. The quantitative estimate of drug-likeness (QED) is 0.840. The Kier molecular flexibility index (Phi) is 2.60. The van der Waals surface area contributed by atoms with Gasteiger partial charge in [-0.1, -0.05) is 24.3 Å². The number of rotatable bonds is 2. The number of carboxylic acids is 1. The second kappa shape index (κ2) is 3.93. The third-order valence-electron chi connectivity index (χ3n) is 2.70. The molecule has 0 aromatic heterocycles. The molecule has 82 valence electrons. The molecule has 2 aromatic carbocycles. The van der Waals surface area contributed by atoms with Crippen LogP contribution in [0.25, 0.3) is 10.8 Å². The molecule has 0 saturated heterocycles. The van der Waals surface area contributed by atoms with E-state index in [1.54, 1.807) is 25.1 Å². The van der Waals surface area contributed by atoms with E-state index < -0.39 is 11.9 Å². The number of hydrogen-bond acceptors (Lipinski definition) is 1. The van der Waals surface area contributed by atoms with Crippen molar-refractivity contribution in [3.05, 3.63) is 47.8 Å². The van der Waals surface area contributed by atoms with Crippen LogP contribution in [0.15, 0.2) is 36.4 Å². The van der Waals surface area contributed by atoms with Crippen LogP contribution >= 0.6 is 0 Å². The van der Waals surface area contributed by atoms with Crippen LogP contribution in [-0.4, -0.2) is 11.1 Å². The van der Waals surface area contributed by atoms with Gasteiger partial charge in [0, 0.05) is 0 Å². The van der Waals surface area contributed by atoms with Crippen LogP contribution in [0.2, 0.25) is 0 Å². The van der Waals surface area contributed by atoms with Gasteiger partial charge in [0.15, 0.2) is 0 Å². The highest BCUT2D eigenvalue weighted by Crippen LogP contribution is 2.22. The van der Waals surface area contributed by atoms with Gasteiger partial charge in [0.05, 0.1) is 5.92 Å². The van der Waals surface area contributed by atoms with Crippen LogP contribution in [0.5, 0.6) is 0 Å². The van der Waals surface area contributed by atoms with Crippen LogP contribution in [-0.2, 0) is 4.79 Å². The monoisotopic (exact) mass is 218 g/mol. The zero-order chi connectivity index (χ0) is 11.7. The summed E-state index contributed by atoms with van der Waals surface area (Å²) in [6.45, 7) is 1.61. The summed E-state index contributed by atoms with van der Waals surface area (Å²) >= 11 is 0. The van der Waals surface area contributed by atoms with E-state index in [-0.39, 0.29) is 5.82 Å². The second-order valence-corrected chi connectivity index (χ2v) is 3.81. The van der Waals surface area contributed by atoms with Crippen molar-refractivity contribution in [2.24, 2.45) is 0 Å². The van der Waals surface area contributed by atoms with Gasteiger partial charge in [-0.3, -0.25) is 4.79 Å². The number of halogens is 1. The van der Waals surface area contributed by atoms with Crippen molar-refractivity contribution < 1.29 is 14.3 Å². The summed E-state index contributed by atoms with van der Waals surface area (Å²) < 4.78 is 13.0. The SMILES string of the molecule is CC(C(=O)O)c1ccc2ccc(F)cc2c1. The van der Waals surface area contributed by atoms with Gasteiger partial charge in [0.25, 0.3) is 0 Å². The van der Waals surface area contributed by atoms with E-state index in [4.69, 9.17) is 5.11 Å². The lowest BCUT2D eigenvalue weighted by Crippen LogP contribution is -2.06. The fourth-order valence-corrected chi connectivity index (χ4v) is 1.65. The highest BCUT2D eigenvalue weighted by Gasteiger charge is 2.13. The van der Waals surface area contributed by atoms with E-state index in [0.717, 1.165) is 10.8 Å². The van der Waals surface area contributed by atoms with Gasteiger partial charge < -0.3 is 5.11 Å². The summed E-state index contributed by atoms with van der Waals surface area (Å²) in [5.41, 5.74) is 0.686. The molecule has 0 amide bonds. The van der Waals surface area contributed by atoms with Crippen molar-refractivity contribution in [1.82, 2.24) is 0 Å². The molecule has 1 atom stereocenters. The minimum Gasteiger partial charge on any atom is -0.481 e. The van der Waals surface area contributed by atoms with Crippen molar-refractivity contribution >= 4 is 16.7 Å².